The van der Waals surface area contributed by atoms with E-state index in [9.17, 15) is 0 Å². The zero-order chi connectivity index (χ0) is 16.6. The highest BCUT2D eigenvalue weighted by molar-refractivity contribution is 6.33. The smallest absolute Gasteiger partial charge is 0.223 e. The summed E-state index contributed by atoms with van der Waals surface area (Å²) in [6, 6.07) is 5.62. The third-order valence-electron chi connectivity index (χ3n) is 3.67. The molecule has 0 saturated heterocycles. The fourth-order valence-electron chi connectivity index (χ4n) is 2.41. The van der Waals surface area contributed by atoms with Crippen LogP contribution in [0.3, 0.4) is 0 Å². The Balaban J connectivity index is 2.12. The fraction of sp³-hybridized carbons (Fsp3) is 0.267. The molecule has 0 aliphatic rings. The molecule has 2 aromatic heterocycles. The number of nitrogens with zero attached hydrogens (tertiary/aromatic N) is 4. The Morgan fingerprint density at radius 2 is 1.78 bits per heavy atom. The molecule has 0 spiro atoms. The second-order valence-electron chi connectivity index (χ2n) is 5.02. The number of hydrogen-bond acceptors (Lipinski definition) is 6. The number of imidazole rings is 1. The second-order valence-corrected chi connectivity index (χ2v) is 5.38. The highest BCUT2D eigenvalue weighted by Gasteiger charge is 2.17. The first-order valence-electron chi connectivity index (χ1n) is 6.92. The minimum absolute atomic E-state index is 0.0747. The molecule has 0 saturated carbocycles. The summed E-state index contributed by atoms with van der Waals surface area (Å²) in [5.74, 6) is 1.53. The average molecular weight is 334 g/mol. The van der Waals surface area contributed by atoms with E-state index in [-0.39, 0.29) is 17.1 Å². The minimum Gasteiger partial charge on any atom is -0.497 e. The number of aromatic nitrogens is 4. The van der Waals surface area contributed by atoms with Gasteiger partial charge in [0.05, 0.1) is 26.6 Å². The van der Waals surface area contributed by atoms with Gasteiger partial charge in [-0.2, -0.15) is 9.97 Å². The summed E-state index contributed by atoms with van der Waals surface area (Å²) in [6.07, 6.45) is 1.67. The van der Waals surface area contributed by atoms with Crippen molar-refractivity contribution in [1.29, 1.82) is 0 Å². The van der Waals surface area contributed by atoms with E-state index in [4.69, 9.17) is 26.8 Å². The summed E-state index contributed by atoms with van der Waals surface area (Å²) in [6.45, 7) is 2.02. The molecule has 2 heterocycles. The molecule has 1 atom stereocenters. The molecule has 0 bridgehead atoms. The third-order valence-corrected chi connectivity index (χ3v) is 3.93. The Kier molecular flexibility index (Phi) is 3.96. The van der Waals surface area contributed by atoms with Crippen LogP contribution in [-0.2, 0) is 0 Å². The molecule has 0 fully saturated rings. The number of halogens is 1. The summed E-state index contributed by atoms with van der Waals surface area (Å²) in [4.78, 5) is 12.4. The molecule has 0 amide bonds. The standard InChI is InChI=1S/C15H16ClN5O2/c1-8(9-4-10(22-2)6-11(5-9)23-3)21-7-18-12-13(16)19-15(17)20-14(12)21/h4-8H,1-3H3,(H2,17,19,20). The van der Waals surface area contributed by atoms with E-state index in [1.54, 1.807) is 20.5 Å². The Morgan fingerprint density at radius 3 is 2.39 bits per heavy atom. The molecule has 7 nitrogen and oxygen atoms in total. The molecule has 2 N–H and O–H groups in total. The number of nitrogen functional groups attached to an aromatic ring is 1. The van der Waals surface area contributed by atoms with Crippen LogP contribution in [0.2, 0.25) is 5.15 Å². The van der Waals surface area contributed by atoms with Crippen LogP contribution in [0.15, 0.2) is 24.5 Å². The molecule has 0 radical (unpaired) electrons. The first-order chi connectivity index (χ1) is 11.0. The molecule has 3 rings (SSSR count). The van der Waals surface area contributed by atoms with Crippen LogP contribution in [0.1, 0.15) is 18.5 Å². The van der Waals surface area contributed by atoms with E-state index < -0.39 is 0 Å². The Bertz CT molecular complexity index is 842. The van der Waals surface area contributed by atoms with Gasteiger partial charge in [0, 0.05) is 6.07 Å². The summed E-state index contributed by atoms with van der Waals surface area (Å²) >= 11 is 6.07. The summed E-state index contributed by atoms with van der Waals surface area (Å²) < 4.78 is 12.5. The van der Waals surface area contributed by atoms with Crippen LogP contribution in [0.4, 0.5) is 5.95 Å². The van der Waals surface area contributed by atoms with Crippen LogP contribution >= 0.6 is 11.6 Å². The molecule has 1 unspecified atom stereocenters. The SMILES string of the molecule is COc1cc(OC)cc(C(C)n2cnc3c(Cl)nc(N)nc32)c1. The summed E-state index contributed by atoms with van der Waals surface area (Å²) in [7, 11) is 3.23. The maximum Gasteiger partial charge on any atom is 0.223 e. The molecule has 120 valence electrons. The van der Waals surface area contributed by atoms with Crippen LogP contribution in [-0.4, -0.2) is 33.7 Å². The lowest BCUT2D eigenvalue weighted by atomic mass is 10.1. The van der Waals surface area contributed by atoms with Crippen molar-refractivity contribution in [3.05, 3.63) is 35.2 Å². The van der Waals surface area contributed by atoms with Crippen LogP contribution in [0.25, 0.3) is 11.2 Å². The summed E-state index contributed by atoms with van der Waals surface area (Å²) in [5.41, 5.74) is 7.77. The third kappa shape index (κ3) is 2.75. The van der Waals surface area contributed by atoms with Gasteiger partial charge in [-0.25, -0.2) is 4.98 Å². The van der Waals surface area contributed by atoms with Gasteiger partial charge in [-0.15, -0.1) is 0 Å². The zero-order valence-corrected chi connectivity index (χ0v) is 13.7. The molecule has 3 aromatic rings. The number of fused-ring (bicyclic) bond motifs is 1. The lowest BCUT2D eigenvalue weighted by molar-refractivity contribution is 0.392. The molecular formula is C15H16ClN5O2. The monoisotopic (exact) mass is 333 g/mol. The van der Waals surface area contributed by atoms with E-state index in [1.807, 2.05) is 29.7 Å². The van der Waals surface area contributed by atoms with Gasteiger partial charge >= 0.3 is 0 Å². The minimum atomic E-state index is -0.0747. The van der Waals surface area contributed by atoms with Crippen molar-refractivity contribution in [1.82, 2.24) is 19.5 Å². The van der Waals surface area contributed by atoms with Crippen LogP contribution in [0.5, 0.6) is 11.5 Å². The van der Waals surface area contributed by atoms with E-state index in [2.05, 4.69) is 15.0 Å². The second kappa shape index (κ2) is 5.92. The van der Waals surface area contributed by atoms with E-state index in [0.717, 1.165) is 5.56 Å². The van der Waals surface area contributed by atoms with E-state index >= 15 is 0 Å². The van der Waals surface area contributed by atoms with Crippen molar-refractivity contribution < 1.29 is 9.47 Å². The summed E-state index contributed by atoms with van der Waals surface area (Å²) in [5, 5.41) is 0.238. The van der Waals surface area contributed by atoms with Gasteiger partial charge in [0.2, 0.25) is 5.95 Å². The molecular weight excluding hydrogens is 318 g/mol. The molecule has 8 heteroatoms. The Hall–Kier alpha value is -2.54. The normalized spacial score (nSPS) is 12.3. The largest absolute Gasteiger partial charge is 0.497 e. The number of nitrogens with two attached hydrogens (primary N) is 1. The van der Waals surface area contributed by atoms with Crippen LogP contribution < -0.4 is 15.2 Å². The van der Waals surface area contributed by atoms with Gasteiger partial charge < -0.3 is 19.8 Å². The van der Waals surface area contributed by atoms with Crippen molar-refractivity contribution in [2.75, 3.05) is 20.0 Å². The predicted octanol–water partition coefficient (Wildman–Crippen LogP) is 2.69. The van der Waals surface area contributed by atoms with Crippen molar-refractivity contribution in [3.63, 3.8) is 0 Å². The topological polar surface area (TPSA) is 88.1 Å². The highest BCUT2D eigenvalue weighted by atomic mass is 35.5. The maximum absolute atomic E-state index is 6.07. The quantitative estimate of drug-likeness (QED) is 0.738. The molecule has 0 aliphatic heterocycles. The van der Waals surface area contributed by atoms with Gasteiger partial charge in [0.15, 0.2) is 10.8 Å². The number of rotatable bonds is 4. The number of methoxy groups -OCH3 is 2. The lowest BCUT2D eigenvalue weighted by Crippen LogP contribution is -2.08. The van der Waals surface area contributed by atoms with Crippen molar-refractivity contribution in [2.24, 2.45) is 0 Å². The van der Waals surface area contributed by atoms with Gasteiger partial charge in [-0.05, 0) is 24.6 Å². The predicted molar refractivity (Wildman–Crippen MR) is 88.1 cm³/mol. The van der Waals surface area contributed by atoms with E-state index in [1.165, 1.54) is 0 Å². The highest BCUT2D eigenvalue weighted by Crippen LogP contribution is 2.30. The van der Waals surface area contributed by atoms with Gasteiger partial charge in [0.1, 0.15) is 17.0 Å². The van der Waals surface area contributed by atoms with Crippen molar-refractivity contribution in [3.8, 4) is 11.5 Å². The van der Waals surface area contributed by atoms with Gasteiger partial charge in [-0.1, -0.05) is 11.6 Å². The first-order valence-corrected chi connectivity index (χ1v) is 7.29. The van der Waals surface area contributed by atoms with Crippen molar-refractivity contribution in [2.45, 2.75) is 13.0 Å². The number of benzene rings is 1. The number of anilines is 1. The zero-order valence-electron chi connectivity index (χ0n) is 12.9. The Morgan fingerprint density at radius 1 is 1.13 bits per heavy atom. The van der Waals surface area contributed by atoms with Gasteiger partial charge in [-0.3, -0.25) is 0 Å². The van der Waals surface area contributed by atoms with Crippen molar-refractivity contribution >= 4 is 28.7 Å². The average Bonchev–Trinajstić information content (AvgIpc) is 2.97. The maximum atomic E-state index is 6.07. The lowest BCUT2D eigenvalue weighted by Gasteiger charge is -2.16. The first kappa shape index (κ1) is 15.4. The molecule has 23 heavy (non-hydrogen) atoms. The molecule has 0 aliphatic carbocycles. The van der Waals surface area contributed by atoms with E-state index in [0.29, 0.717) is 22.7 Å². The number of ether oxygens (including phenoxy) is 2. The molecule has 1 aromatic carbocycles. The Labute approximate surface area is 138 Å². The number of hydrogen-bond donors (Lipinski definition) is 1. The van der Waals surface area contributed by atoms with Gasteiger partial charge in [0.25, 0.3) is 0 Å². The van der Waals surface area contributed by atoms with Crippen LogP contribution in [0, 0.1) is 0 Å². The fourth-order valence-corrected chi connectivity index (χ4v) is 2.63.